The first kappa shape index (κ1) is 14.7. The van der Waals surface area contributed by atoms with Crippen LogP contribution in [0.1, 0.15) is 21.5 Å². The fourth-order valence-corrected chi connectivity index (χ4v) is 1.91. The zero-order valence-electron chi connectivity index (χ0n) is 11.8. The van der Waals surface area contributed by atoms with E-state index in [-0.39, 0.29) is 22.8 Å². The molecule has 2 aromatic rings. The highest BCUT2D eigenvalue weighted by Gasteiger charge is 2.08. The first-order valence-corrected chi connectivity index (χ1v) is 6.40. The van der Waals surface area contributed by atoms with Crippen molar-refractivity contribution < 1.29 is 19.7 Å². The van der Waals surface area contributed by atoms with Crippen molar-refractivity contribution in [2.75, 3.05) is 7.11 Å². The lowest BCUT2D eigenvalue weighted by Crippen LogP contribution is -1.95. The molecule has 2 N–H and O–H groups in total. The molecule has 0 spiro atoms. The van der Waals surface area contributed by atoms with Gasteiger partial charge in [-0.05, 0) is 42.8 Å². The highest BCUT2D eigenvalue weighted by atomic mass is 16.5. The number of methoxy groups -OCH3 is 1. The van der Waals surface area contributed by atoms with Crippen molar-refractivity contribution in [3.63, 3.8) is 0 Å². The summed E-state index contributed by atoms with van der Waals surface area (Å²) in [6.07, 6.45) is 2.98. The molecule has 0 aromatic heterocycles. The number of carbonyl (C=O) groups is 1. The molecule has 0 atom stereocenters. The molecule has 0 fully saturated rings. The summed E-state index contributed by atoms with van der Waals surface area (Å²) in [5, 5.41) is 19.2. The van der Waals surface area contributed by atoms with Crippen LogP contribution in [0.2, 0.25) is 0 Å². The molecule has 2 aromatic carbocycles. The number of aryl methyl sites for hydroxylation is 1. The number of hydrogen-bond acceptors (Lipinski definition) is 4. The van der Waals surface area contributed by atoms with Gasteiger partial charge in [-0.1, -0.05) is 23.8 Å². The van der Waals surface area contributed by atoms with Crippen LogP contribution in [0.4, 0.5) is 0 Å². The highest BCUT2D eigenvalue weighted by molar-refractivity contribution is 6.08. The quantitative estimate of drug-likeness (QED) is 0.667. The minimum Gasteiger partial charge on any atom is -0.507 e. The molecule has 0 unspecified atom stereocenters. The summed E-state index contributed by atoms with van der Waals surface area (Å²) >= 11 is 0. The molecule has 0 saturated carbocycles. The van der Waals surface area contributed by atoms with Crippen molar-refractivity contribution in [1.29, 1.82) is 0 Å². The molecular formula is C17H16O4. The number of phenolic OH excluding ortho intramolecular Hbond substituents is 2. The Morgan fingerprint density at radius 3 is 2.52 bits per heavy atom. The molecule has 0 aliphatic rings. The van der Waals surface area contributed by atoms with Crippen LogP contribution in [0.3, 0.4) is 0 Å². The van der Waals surface area contributed by atoms with Crippen molar-refractivity contribution >= 4 is 11.9 Å². The Kier molecular flexibility index (Phi) is 4.28. The topological polar surface area (TPSA) is 66.8 Å². The molecule has 0 amide bonds. The predicted molar refractivity (Wildman–Crippen MR) is 80.9 cm³/mol. The Labute approximate surface area is 122 Å². The van der Waals surface area contributed by atoms with E-state index < -0.39 is 0 Å². The van der Waals surface area contributed by atoms with E-state index in [1.165, 1.54) is 25.3 Å². The van der Waals surface area contributed by atoms with Gasteiger partial charge < -0.3 is 14.9 Å². The average Bonchev–Trinajstić information content (AvgIpc) is 2.48. The van der Waals surface area contributed by atoms with Crippen LogP contribution in [0.15, 0.2) is 42.5 Å². The molecule has 0 radical (unpaired) electrons. The van der Waals surface area contributed by atoms with E-state index in [9.17, 15) is 15.0 Å². The Balaban J connectivity index is 2.24. The van der Waals surface area contributed by atoms with Crippen LogP contribution in [0, 0.1) is 6.92 Å². The fourth-order valence-electron chi connectivity index (χ4n) is 1.91. The lowest BCUT2D eigenvalue weighted by Gasteiger charge is -2.04. The van der Waals surface area contributed by atoms with Gasteiger partial charge in [0.15, 0.2) is 17.3 Å². The molecule has 0 bridgehead atoms. The van der Waals surface area contributed by atoms with E-state index in [1.54, 1.807) is 30.3 Å². The lowest BCUT2D eigenvalue weighted by atomic mass is 10.1. The monoisotopic (exact) mass is 284 g/mol. The van der Waals surface area contributed by atoms with E-state index in [0.717, 1.165) is 5.56 Å². The zero-order chi connectivity index (χ0) is 15.4. The first-order valence-electron chi connectivity index (χ1n) is 6.40. The maximum Gasteiger partial charge on any atom is 0.189 e. The van der Waals surface area contributed by atoms with Crippen LogP contribution in [-0.2, 0) is 0 Å². The Hall–Kier alpha value is -2.75. The SMILES string of the molecule is COc1cc(/C=C/C(=O)c2cc(C)ccc2O)ccc1O. The summed E-state index contributed by atoms with van der Waals surface area (Å²) in [4.78, 5) is 12.1. The predicted octanol–water partition coefficient (Wildman–Crippen LogP) is 3.31. The lowest BCUT2D eigenvalue weighted by molar-refractivity contribution is 0.104. The van der Waals surface area contributed by atoms with E-state index in [4.69, 9.17) is 4.74 Å². The molecule has 108 valence electrons. The van der Waals surface area contributed by atoms with Crippen molar-refractivity contribution in [3.05, 3.63) is 59.2 Å². The Morgan fingerprint density at radius 1 is 1.10 bits per heavy atom. The summed E-state index contributed by atoms with van der Waals surface area (Å²) in [7, 11) is 1.46. The summed E-state index contributed by atoms with van der Waals surface area (Å²) in [6.45, 7) is 1.85. The van der Waals surface area contributed by atoms with Crippen LogP contribution in [0.5, 0.6) is 17.2 Å². The number of rotatable bonds is 4. The van der Waals surface area contributed by atoms with Crippen molar-refractivity contribution in [2.24, 2.45) is 0 Å². The van der Waals surface area contributed by atoms with Crippen LogP contribution >= 0.6 is 0 Å². The van der Waals surface area contributed by atoms with E-state index in [2.05, 4.69) is 0 Å². The third-order valence-electron chi connectivity index (χ3n) is 3.05. The molecule has 0 heterocycles. The number of phenols is 2. The van der Waals surface area contributed by atoms with Gasteiger partial charge in [-0.25, -0.2) is 0 Å². The molecule has 2 rings (SSSR count). The second kappa shape index (κ2) is 6.13. The summed E-state index contributed by atoms with van der Waals surface area (Å²) in [5.74, 6) is 0.0436. The van der Waals surface area contributed by atoms with E-state index in [1.807, 2.05) is 6.92 Å². The molecular weight excluding hydrogens is 268 g/mol. The number of aromatic hydroxyl groups is 2. The summed E-state index contributed by atoms with van der Waals surface area (Å²) < 4.78 is 5.00. The third kappa shape index (κ3) is 3.42. The van der Waals surface area contributed by atoms with Gasteiger partial charge in [0.1, 0.15) is 5.75 Å². The number of carbonyl (C=O) groups excluding carboxylic acids is 1. The molecule has 4 nitrogen and oxygen atoms in total. The molecule has 0 aliphatic carbocycles. The Bertz CT molecular complexity index is 702. The highest BCUT2D eigenvalue weighted by Crippen LogP contribution is 2.27. The maximum absolute atomic E-state index is 12.1. The number of hydrogen-bond donors (Lipinski definition) is 2. The summed E-state index contributed by atoms with van der Waals surface area (Å²) in [6, 6.07) is 9.65. The third-order valence-corrected chi connectivity index (χ3v) is 3.05. The largest absolute Gasteiger partial charge is 0.507 e. The number of allylic oxidation sites excluding steroid dienone is 1. The summed E-state index contributed by atoms with van der Waals surface area (Å²) in [5.41, 5.74) is 1.87. The second-order valence-corrected chi connectivity index (χ2v) is 4.65. The van der Waals surface area contributed by atoms with Crippen LogP contribution in [-0.4, -0.2) is 23.1 Å². The van der Waals surface area contributed by atoms with E-state index >= 15 is 0 Å². The second-order valence-electron chi connectivity index (χ2n) is 4.65. The first-order chi connectivity index (χ1) is 10.0. The van der Waals surface area contributed by atoms with Crippen molar-refractivity contribution in [1.82, 2.24) is 0 Å². The molecule has 4 heteroatoms. The van der Waals surface area contributed by atoms with Gasteiger partial charge in [0.25, 0.3) is 0 Å². The molecule has 0 saturated heterocycles. The fraction of sp³-hybridized carbons (Fsp3) is 0.118. The number of ether oxygens (including phenoxy) is 1. The van der Waals surface area contributed by atoms with E-state index in [0.29, 0.717) is 11.3 Å². The van der Waals surface area contributed by atoms with Gasteiger partial charge in [-0.2, -0.15) is 0 Å². The van der Waals surface area contributed by atoms with Gasteiger partial charge in [0.05, 0.1) is 12.7 Å². The molecule has 0 aliphatic heterocycles. The minimum absolute atomic E-state index is 0.0392. The smallest absolute Gasteiger partial charge is 0.189 e. The number of ketones is 1. The average molecular weight is 284 g/mol. The van der Waals surface area contributed by atoms with Gasteiger partial charge >= 0.3 is 0 Å². The minimum atomic E-state index is -0.289. The van der Waals surface area contributed by atoms with Gasteiger partial charge in [0, 0.05) is 0 Å². The normalized spacial score (nSPS) is 10.8. The van der Waals surface area contributed by atoms with Gasteiger partial charge in [-0.3, -0.25) is 4.79 Å². The van der Waals surface area contributed by atoms with Crippen LogP contribution < -0.4 is 4.74 Å². The zero-order valence-corrected chi connectivity index (χ0v) is 11.8. The van der Waals surface area contributed by atoms with Crippen LogP contribution in [0.25, 0.3) is 6.08 Å². The Morgan fingerprint density at radius 2 is 1.81 bits per heavy atom. The van der Waals surface area contributed by atoms with Crippen molar-refractivity contribution in [3.8, 4) is 17.2 Å². The molecule has 21 heavy (non-hydrogen) atoms. The number of benzene rings is 2. The standard InChI is InChI=1S/C17H16O4/c1-11-3-6-14(18)13(9-11)15(19)7-4-12-5-8-16(20)17(10-12)21-2/h3-10,18,20H,1-2H3/b7-4+. The van der Waals surface area contributed by atoms with Gasteiger partial charge in [-0.15, -0.1) is 0 Å². The maximum atomic E-state index is 12.1. The van der Waals surface area contributed by atoms with Crippen molar-refractivity contribution in [2.45, 2.75) is 6.92 Å². The van der Waals surface area contributed by atoms with Gasteiger partial charge in [0.2, 0.25) is 0 Å².